The van der Waals surface area contributed by atoms with E-state index in [0.29, 0.717) is 16.2 Å². The smallest absolute Gasteiger partial charge is 0.326 e. The van der Waals surface area contributed by atoms with Gasteiger partial charge >= 0.3 is 6.18 Å². The molecule has 5 aromatic rings. The average Bonchev–Trinajstić information content (AvgIpc) is 3.36. The highest BCUT2D eigenvalue weighted by Gasteiger charge is 2.34. The highest BCUT2D eigenvalue weighted by molar-refractivity contribution is 7.91. The standard InChI is InChI=1S/C22H16ClF3N6O2S/c1-3-35(33,34)21-18(19-29-15-10-17(22(24,25)26)27-11-16(15)31(19)2)20-28-14(8-9-32(20)30-21)12-4-6-13(23)7-5-12/h4-11H,3H2,1-2H3. The van der Waals surface area contributed by atoms with Crippen molar-refractivity contribution in [2.45, 2.75) is 18.1 Å². The van der Waals surface area contributed by atoms with E-state index < -0.39 is 21.7 Å². The Bertz CT molecular complexity index is 1710. The van der Waals surface area contributed by atoms with Crippen LogP contribution in [0.4, 0.5) is 13.2 Å². The molecule has 0 aliphatic rings. The van der Waals surface area contributed by atoms with Gasteiger partial charge in [0.2, 0.25) is 0 Å². The first-order valence-electron chi connectivity index (χ1n) is 10.3. The Morgan fingerprint density at radius 1 is 1.09 bits per heavy atom. The largest absolute Gasteiger partial charge is 0.433 e. The number of imidazole rings is 1. The molecule has 0 aliphatic heterocycles. The SMILES string of the molecule is CCS(=O)(=O)c1nn2ccc(-c3ccc(Cl)cc3)nc2c1-c1nc2cc(C(F)(F)F)ncc2n1C. The molecule has 0 fully saturated rings. The topological polar surface area (TPSA) is 95.0 Å². The molecule has 4 aromatic heterocycles. The Hall–Kier alpha value is -3.51. The van der Waals surface area contributed by atoms with Crippen LogP contribution in [0, 0.1) is 0 Å². The number of aryl methyl sites for hydroxylation is 1. The molecule has 0 atom stereocenters. The van der Waals surface area contributed by atoms with Crippen molar-refractivity contribution in [1.82, 2.24) is 29.1 Å². The Morgan fingerprint density at radius 2 is 1.80 bits per heavy atom. The first kappa shape index (κ1) is 23.2. The minimum Gasteiger partial charge on any atom is -0.326 e. The van der Waals surface area contributed by atoms with Gasteiger partial charge in [-0.2, -0.15) is 18.3 Å². The summed E-state index contributed by atoms with van der Waals surface area (Å²) in [6.45, 7) is 1.48. The minimum atomic E-state index is -4.65. The molecule has 0 aliphatic carbocycles. The summed E-state index contributed by atoms with van der Waals surface area (Å²) in [5, 5.41) is 4.53. The van der Waals surface area contributed by atoms with E-state index >= 15 is 0 Å². The summed E-state index contributed by atoms with van der Waals surface area (Å²) in [6, 6.07) is 9.42. The van der Waals surface area contributed by atoms with Crippen LogP contribution >= 0.6 is 11.6 Å². The fourth-order valence-electron chi connectivity index (χ4n) is 3.71. The van der Waals surface area contributed by atoms with Gasteiger partial charge in [0.25, 0.3) is 0 Å². The van der Waals surface area contributed by atoms with Crippen LogP contribution in [-0.4, -0.2) is 43.3 Å². The fraction of sp³-hybridized carbons (Fsp3) is 0.182. The highest BCUT2D eigenvalue weighted by atomic mass is 35.5. The van der Waals surface area contributed by atoms with Crippen molar-refractivity contribution in [2.24, 2.45) is 7.05 Å². The number of nitrogens with zero attached hydrogens (tertiary/aromatic N) is 6. The Labute approximate surface area is 201 Å². The number of alkyl halides is 3. The molecule has 0 spiro atoms. The number of hydrogen-bond donors (Lipinski definition) is 0. The molecule has 0 saturated carbocycles. The zero-order chi connectivity index (χ0) is 25.1. The van der Waals surface area contributed by atoms with Crippen molar-refractivity contribution >= 4 is 38.1 Å². The van der Waals surface area contributed by atoms with Crippen LogP contribution < -0.4 is 0 Å². The van der Waals surface area contributed by atoms with Gasteiger partial charge in [0.05, 0.1) is 28.7 Å². The van der Waals surface area contributed by atoms with Crippen molar-refractivity contribution < 1.29 is 21.6 Å². The molecule has 1 aromatic carbocycles. The van der Waals surface area contributed by atoms with E-state index in [0.717, 1.165) is 17.8 Å². The summed E-state index contributed by atoms with van der Waals surface area (Å²) in [7, 11) is -2.28. The van der Waals surface area contributed by atoms with Crippen LogP contribution in [0.3, 0.4) is 0 Å². The number of sulfone groups is 1. The first-order chi connectivity index (χ1) is 16.5. The van der Waals surface area contributed by atoms with Crippen LogP contribution in [0.5, 0.6) is 0 Å². The monoisotopic (exact) mass is 520 g/mol. The van der Waals surface area contributed by atoms with Crippen molar-refractivity contribution in [1.29, 1.82) is 0 Å². The molecular weight excluding hydrogens is 505 g/mol. The van der Waals surface area contributed by atoms with Gasteiger partial charge in [0, 0.05) is 23.8 Å². The second-order valence-electron chi connectivity index (χ2n) is 7.72. The van der Waals surface area contributed by atoms with Crippen molar-refractivity contribution in [3.05, 3.63) is 59.5 Å². The molecule has 35 heavy (non-hydrogen) atoms. The van der Waals surface area contributed by atoms with Crippen LogP contribution in [0.15, 0.2) is 53.8 Å². The molecule has 0 bridgehead atoms. The summed E-state index contributed by atoms with van der Waals surface area (Å²) >= 11 is 5.98. The summed E-state index contributed by atoms with van der Waals surface area (Å²) in [6.07, 6.45) is -2.03. The number of benzene rings is 1. The molecule has 8 nitrogen and oxygen atoms in total. The molecule has 13 heteroatoms. The third kappa shape index (κ3) is 3.92. The molecule has 0 saturated heterocycles. The van der Waals surface area contributed by atoms with E-state index in [4.69, 9.17) is 11.6 Å². The third-order valence-electron chi connectivity index (χ3n) is 5.55. The van der Waals surface area contributed by atoms with Crippen LogP contribution in [0.25, 0.3) is 39.3 Å². The minimum absolute atomic E-state index is 0.0119. The maximum absolute atomic E-state index is 13.2. The average molecular weight is 521 g/mol. The van der Waals surface area contributed by atoms with E-state index in [1.165, 1.54) is 16.0 Å². The van der Waals surface area contributed by atoms with Gasteiger partial charge in [-0.3, -0.25) is 0 Å². The van der Waals surface area contributed by atoms with Crippen molar-refractivity contribution in [2.75, 3.05) is 5.75 Å². The van der Waals surface area contributed by atoms with Gasteiger partial charge in [-0.05, 0) is 24.3 Å². The van der Waals surface area contributed by atoms with Gasteiger partial charge in [0.15, 0.2) is 20.5 Å². The Kier molecular flexibility index (Phi) is 5.33. The molecule has 0 amide bonds. The van der Waals surface area contributed by atoms with E-state index in [2.05, 4.69) is 20.1 Å². The predicted octanol–water partition coefficient (Wildman–Crippen LogP) is 4.81. The normalized spacial score (nSPS) is 12.6. The van der Waals surface area contributed by atoms with Gasteiger partial charge in [-0.25, -0.2) is 27.9 Å². The second-order valence-corrected chi connectivity index (χ2v) is 10.4. The summed E-state index contributed by atoms with van der Waals surface area (Å²) in [5.74, 6) is -0.138. The molecule has 5 rings (SSSR count). The molecule has 0 radical (unpaired) electrons. The van der Waals surface area contributed by atoms with Gasteiger partial charge in [-0.15, -0.1) is 0 Å². The quantitative estimate of drug-likeness (QED) is 0.337. The summed E-state index contributed by atoms with van der Waals surface area (Å²) in [4.78, 5) is 12.5. The van der Waals surface area contributed by atoms with Crippen molar-refractivity contribution in [3.8, 4) is 22.6 Å². The van der Waals surface area contributed by atoms with E-state index in [-0.39, 0.29) is 33.3 Å². The number of hydrogen-bond acceptors (Lipinski definition) is 6. The number of fused-ring (bicyclic) bond motifs is 2. The fourth-order valence-corrected chi connectivity index (χ4v) is 4.81. The van der Waals surface area contributed by atoms with E-state index in [1.807, 2.05) is 0 Å². The Balaban J connectivity index is 1.81. The lowest BCUT2D eigenvalue weighted by atomic mass is 10.1. The summed E-state index contributed by atoms with van der Waals surface area (Å²) in [5.41, 5.74) is 0.739. The molecule has 180 valence electrons. The molecule has 0 unspecified atom stereocenters. The lowest BCUT2D eigenvalue weighted by molar-refractivity contribution is -0.141. The zero-order valence-corrected chi connectivity index (χ0v) is 19.8. The maximum atomic E-state index is 13.2. The van der Waals surface area contributed by atoms with E-state index in [1.54, 1.807) is 43.6 Å². The van der Waals surface area contributed by atoms with Gasteiger partial charge in [-0.1, -0.05) is 30.7 Å². The van der Waals surface area contributed by atoms with Gasteiger partial charge in [0.1, 0.15) is 17.1 Å². The molecular formula is C22H16ClF3N6O2S. The van der Waals surface area contributed by atoms with Crippen LogP contribution in [0.2, 0.25) is 5.02 Å². The van der Waals surface area contributed by atoms with Gasteiger partial charge < -0.3 is 4.57 Å². The maximum Gasteiger partial charge on any atom is 0.433 e. The number of rotatable bonds is 4. The number of aromatic nitrogens is 6. The second kappa shape index (κ2) is 8.02. The zero-order valence-electron chi connectivity index (χ0n) is 18.2. The first-order valence-corrected chi connectivity index (χ1v) is 12.3. The third-order valence-corrected chi connectivity index (χ3v) is 7.44. The van der Waals surface area contributed by atoms with E-state index in [9.17, 15) is 21.6 Å². The number of pyridine rings is 1. The van der Waals surface area contributed by atoms with Crippen molar-refractivity contribution in [3.63, 3.8) is 0 Å². The summed E-state index contributed by atoms with van der Waals surface area (Å²) < 4.78 is 68.3. The highest BCUT2D eigenvalue weighted by Crippen LogP contribution is 2.35. The molecule has 4 heterocycles. The predicted molar refractivity (Wildman–Crippen MR) is 124 cm³/mol. The lowest BCUT2D eigenvalue weighted by Crippen LogP contribution is -2.07. The van der Waals surface area contributed by atoms with Crippen LogP contribution in [-0.2, 0) is 23.1 Å². The number of halogens is 4. The molecule has 0 N–H and O–H groups in total. The van der Waals surface area contributed by atoms with Crippen LogP contribution in [0.1, 0.15) is 12.6 Å². The lowest BCUT2D eigenvalue weighted by Gasteiger charge is -2.06. The Morgan fingerprint density at radius 3 is 2.46 bits per heavy atom.